The predicted molar refractivity (Wildman–Crippen MR) is 90.9 cm³/mol. The zero-order valence-electron chi connectivity index (χ0n) is 13.7. The van der Waals surface area contributed by atoms with E-state index in [0.717, 1.165) is 0 Å². The Morgan fingerprint density at radius 2 is 1.80 bits per heavy atom. The van der Waals surface area contributed by atoms with Crippen LogP contribution in [0.5, 0.6) is 11.5 Å². The van der Waals surface area contributed by atoms with Crippen molar-refractivity contribution >= 4 is 11.8 Å². The number of hydrazine groups is 1. The Morgan fingerprint density at radius 3 is 2.40 bits per heavy atom. The molecule has 0 spiro atoms. The van der Waals surface area contributed by atoms with Crippen LogP contribution in [-0.2, 0) is 16.0 Å². The molecule has 0 heterocycles. The Hall–Kier alpha value is -2.90. The standard InChI is InChI=1S/C18H20N2O5/c1-18(20-19,10-12-7-8-14(21)15(22)9-12)17(24)25-11-16(23)13-5-3-2-4-6-13/h2-9,20-22H,10-11,19H2,1H3/t18-/m0/s1. The zero-order chi connectivity index (χ0) is 18.4. The number of phenols is 2. The first-order valence-corrected chi connectivity index (χ1v) is 7.60. The van der Waals surface area contributed by atoms with Crippen LogP contribution in [0.1, 0.15) is 22.8 Å². The molecule has 7 heteroatoms. The molecule has 0 aliphatic heterocycles. The number of ether oxygens (including phenoxy) is 1. The minimum Gasteiger partial charge on any atom is -0.504 e. The van der Waals surface area contributed by atoms with Gasteiger partial charge in [-0.1, -0.05) is 36.4 Å². The largest absolute Gasteiger partial charge is 0.504 e. The number of nitrogens with one attached hydrogen (secondary N) is 1. The lowest BCUT2D eigenvalue weighted by atomic mass is 9.93. The minimum absolute atomic E-state index is 0.0930. The van der Waals surface area contributed by atoms with Gasteiger partial charge in [0.05, 0.1) is 0 Å². The highest BCUT2D eigenvalue weighted by Crippen LogP contribution is 2.27. The number of nitrogens with two attached hydrogens (primary N) is 1. The Balaban J connectivity index is 2.03. The molecule has 25 heavy (non-hydrogen) atoms. The van der Waals surface area contributed by atoms with E-state index in [2.05, 4.69) is 5.43 Å². The monoisotopic (exact) mass is 344 g/mol. The van der Waals surface area contributed by atoms with Crippen LogP contribution in [0.3, 0.4) is 0 Å². The molecule has 0 fully saturated rings. The molecule has 0 unspecified atom stereocenters. The van der Waals surface area contributed by atoms with Gasteiger partial charge in [-0.05, 0) is 24.6 Å². The Morgan fingerprint density at radius 1 is 1.12 bits per heavy atom. The van der Waals surface area contributed by atoms with Crippen molar-refractivity contribution in [1.82, 2.24) is 5.43 Å². The van der Waals surface area contributed by atoms with Gasteiger partial charge in [0.15, 0.2) is 23.9 Å². The highest BCUT2D eigenvalue weighted by molar-refractivity contribution is 5.98. The van der Waals surface area contributed by atoms with Crippen molar-refractivity contribution in [1.29, 1.82) is 0 Å². The van der Waals surface area contributed by atoms with Crippen LogP contribution in [0.25, 0.3) is 0 Å². The van der Waals surface area contributed by atoms with Gasteiger partial charge < -0.3 is 14.9 Å². The van der Waals surface area contributed by atoms with Crippen molar-refractivity contribution in [2.45, 2.75) is 18.9 Å². The molecule has 0 amide bonds. The molecule has 1 atom stereocenters. The van der Waals surface area contributed by atoms with Crippen LogP contribution < -0.4 is 11.3 Å². The van der Waals surface area contributed by atoms with Gasteiger partial charge in [0.2, 0.25) is 0 Å². The zero-order valence-corrected chi connectivity index (χ0v) is 13.7. The van der Waals surface area contributed by atoms with Crippen LogP contribution in [0.15, 0.2) is 48.5 Å². The molecule has 0 bridgehead atoms. The molecule has 132 valence electrons. The van der Waals surface area contributed by atoms with Gasteiger partial charge in [-0.25, -0.2) is 10.2 Å². The maximum absolute atomic E-state index is 12.4. The molecule has 0 radical (unpaired) electrons. The lowest BCUT2D eigenvalue weighted by Gasteiger charge is -2.26. The van der Waals surface area contributed by atoms with Crippen LogP contribution in [-0.4, -0.2) is 34.1 Å². The Labute approximate surface area is 145 Å². The number of ketones is 1. The second kappa shape index (κ2) is 7.78. The van der Waals surface area contributed by atoms with E-state index in [0.29, 0.717) is 11.1 Å². The number of hydrogen-bond acceptors (Lipinski definition) is 7. The summed E-state index contributed by atoms with van der Waals surface area (Å²) in [6.45, 7) is 1.12. The van der Waals surface area contributed by atoms with Crippen molar-refractivity contribution in [3.05, 3.63) is 59.7 Å². The van der Waals surface area contributed by atoms with Gasteiger partial charge in [-0.3, -0.25) is 10.6 Å². The van der Waals surface area contributed by atoms with Gasteiger partial charge in [-0.15, -0.1) is 0 Å². The van der Waals surface area contributed by atoms with Crippen molar-refractivity contribution in [3.8, 4) is 11.5 Å². The van der Waals surface area contributed by atoms with Gasteiger partial charge in [0.1, 0.15) is 5.54 Å². The van der Waals surface area contributed by atoms with E-state index in [4.69, 9.17) is 10.6 Å². The van der Waals surface area contributed by atoms with E-state index in [1.165, 1.54) is 19.1 Å². The first-order valence-electron chi connectivity index (χ1n) is 7.60. The summed E-state index contributed by atoms with van der Waals surface area (Å²) in [6.07, 6.45) is 0.0930. The highest BCUT2D eigenvalue weighted by Gasteiger charge is 2.34. The number of benzene rings is 2. The van der Waals surface area contributed by atoms with Gasteiger partial charge in [-0.2, -0.15) is 0 Å². The third-order valence-corrected chi connectivity index (χ3v) is 3.80. The summed E-state index contributed by atoms with van der Waals surface area (Å²) in [5.74, 6) is 3.90. The highest BCUT2D eigenvalue weighted by atomic mass is 16.5. The normalized spacial score (nSPS) is 13.0. The molecular formula is C18H20N2O5. The van der Waals surface area contributed by atoms with Crippen molar-refractivity contribution in [3.63, 3.8) is 0 Å². The summed E-state index contributed by atoms with van der Waals surface area (Å²) in [5.41, 5.74) is 2.09. The molecular weight excluding hydrogens is 324 g/mol. The fourth-order valence-electron chi connectivity index (χ4n) is 2.27. The summed E-state index contributed by atoms with van der Waals surface area (Å²) in [7, 11) is 0. The smallest absolute Gasteiger partial charge is 0.328 e. The second-order valence-corrected chi connectivity index (χ2v) is 5.84. The maximum atomic E-state index is 12.4. The molecule has 2 rings (SSSR count). The summed E-state index contributed by atoms with van der Waals surface area (Å²) in [4.78, 5) is 24.4. The SMILES string of the molecule is C[C@@](Cc1ccc(O)c(O)c1)(NN)C(=O)OCC(=O)c1ccccc1. The van der Waals surface area contributed by atoms with E-state index in [9.17, 15) is 19.8 Å². The number of phenolic OH excluding ortho intramolecular Hbond substituents is 2. The minimum atomic E-state index is -1.31. The van der Waals surface area contributed by atoms with E-state index in [1.54, 1.807) is 36.4 Å². The number of esters is 1. The Bertz CT molecular complexity index is 763. The first kappa shape index (κ1) is 18.4. The number of carbonyl (C=O) groups is 2. The topological polar surface area (TPSA) is 122 Å². The average molecular weight is 344 g/mol. The maximum Gasteiger partial charge on any atom is 0.328 e. The Kier molecular flexibility index (Phi) is 5.74. The van der Waals surface area contributed by atoms with Gasteiger partial charge >= 0.3 is 5.97 Å². The first-order chi connectivity index (χ1) is 11.9. The fourth-order valence-corrected chi connectivity index (χ4v) is 2.27. The van der Waals surface area contributed by atoms with Gasteiger partial charge in [0, 0.05) is 12.0 Å². The van der Waals surface area contributed by atoms with E-state index >= 15 is 0 Å². The number of carbonyl (C=O) groups excluding carboxylic acids is 2. The van der Waals surface area contributed by atoms with E-state index < -0.39 is 18.1 Å². The average Bonchev–Trinajstić information content (AvgIpc) is 2.63. The molecule has 0 aliphatic carbocycles. The summed E-state index contributed by atoms with van der Waals surface area (Å²) < 4.78 is 5.10. The van der Waals surface area contributed by atoms with Crippen LogP contribution in [0, 0.1) is 0 Å². The second-order valence-electron chi connectivity index (χ2n) is 5.84. The van der Waals surface area contributed by atoms with Crippen molar-refractivity contribution in [2.24, 2.45) is 5.84 Å². The third kappa shape index (κ3) is 4.56. The van der Waals surface area contributed by atoms with Crippen LogP contribution in [0.4, 0.5) is 0 Å². The third-order valence-electron chi connectivity index (χ3n) is 3.80. The molecule has 0 aromatic heterocycles. The van der Waals surface area contributed by atoms with Crippen LogP contribution >= 0.6 is 0 Å². The summed E-state index contributed by atoms with van der Waals surface area (Å²) in [5, 5.41) is 18.9. The molecule has 2 aromatic carbocycles. The van der Waals surface area contributed by atoms with E-state index in [-0.39, 0.29) is 23.7 Å². The molecule has 2 aromatic rings. The van der Waals surface area contributed by atoms with Gasteiger partial charge in [0.25, 0.3) is 0 Å². The number of aromatic hydroxyl groups is 2. The summed E-state index contributed by atoms with van der Waals surface area (Å²) >= 11 is 0. The number of rotatable bonds is 7. The number of hydrogen-bond donors (Lipinski definition) is 4. The summed E-state index contributed by atoms with van der Waals surface area (Å²) in [6, 6.07) is 12.7. The van der Waals surface area contributed by atoms with Crippen LogP contribution in [0.2, 0.25) is 0 Å². The molecule has 7 nitrogen and oxygen atoms in total. The number of Topliss-reactive ketones (excluding diaryl/α,β-unsaturated/α-hetero) is 1. The lowest BCUT2D eigenvalue weighted by molar-refractivity contribution is -0.149. The van der Waals surface area contributed by atoms with E-state index in [1.807, 2.05) is 0 Å². The van der Waals surface area contributed by atoms with Crippen molar-refractivity contribution < 1.29 is 24.5 Å². The molecule has 0 saturated heterocycles. The molecule has 0 aliphatic rings. The molecule has 5 N–H and O–H groups in total. The lowest BCUT2D eigenvalue weighted by Crippen LogP contribution is -2.55. The van der Waals surface area contributed by atoms with Crippen molar-refractivity contribution in [2.75, 3.05) is 6.61 Å². The quantitative estimate of drug-likeness (QED) is 0.196. The fraction of sp³-hybridized carbons (Fsp3) is 0.222. The molecule has 0 saturated carbocycles. The predicted octanol–water partition coefficient (Wildman–Crippen LogP) is 1.29.